The molecule has 0 spiro atoms. The molecule has 0 amide bonds. The third-order valence-electron chi connectivity index (χ3n) is 2.09. The van der Waals surface area contributed by atoms with Gasteiger partial charge in [-0.25, -0.2) is 8.42 Å². The minimum atomic E-state index is -3.24. The zero-order valence-corrected chi connectivity index (χ0v) is 10.5. The molecule has 1 aromatic rings. The number of nitrogens with two attached hydrogens (primary N) is 1. The average molecular weight is 255 g/mol. The first-order valence-electron chi connectivity index (χ1n) is 5.35. The molecule has 0 fully saturated rings. The second kappa shape index (κ2) is 5.67. The molecule has 0 heterocycles. The summed E-state index contributed by atoms with van der Waals surface area (Å²) in [4.78, 5) is 0. The second-order valence-corrected chi connectivity index (χ2v) is 5.66. The quantitative estimate of drug-likeness (QED) is 0.528. The maximum atomic E-state index is 11.5. The lowest BCUT2D eigenvalue weighted by Gasteiger charge is -2.07. The molecule has 94 valence electrons. The van der Waals surface area contributed by atoms with E-state index in [4.69, 9.17) is 11.1 Å². The smallest absolute Gasteiger partial charge is 0.232 e. The van der Waals surface area contributed by atoms with Crippen LogP contribution in [0.2, 0.25) is 0 Å². The van der Waals surface area contributed by atoms with E-state index >= 15 is 0 Å². The van der Waals surface area contributed by atoms with E-state index < -0.39 is 10.0 Å². The summed E-state index contributed by atoms with van der Waals surface area (Å²) in [6.07, 6.45) is 0.958. The van der Waals surface area contributed by atoms with E-state index in [0.29, 0.717) is 18.5 Å². The molecule has 0 aliphatic rings. The fourth-order valence-electron chi connectivity index (χ4n) is 1.41. The summed E-state index contributed by atoms with van der Waals surface area (Å²) in [6, 6.07) is 6.85. The third kappa shape index (κ3) is 4.86. The number of anilines is 1. The van der Waals surface area contributed by atoms with Crippen LogP contribution in [0.4, 0.5) is 5.69 Å². The van der Waals surface area contributed by atoms with Crippen LogP contribution in [0.15, 0.2) is 24.3 Å². The number of benzene rings is 1. The molecule has 0 radical (unpaired) electrons. The van der Waals surface area contributed by atoms with Crippen LogP contribution in [0.25, 0.3) is 0 Å². The minimum Gasteiger partial charge on any atom is -0.387 e. The first kappa shape index (κ1) is 13.5. The Morgan fingerprint density at radius 3 is 2.41 bits per heavy atom. The van der Waals surface area contributed by atoms with Gasteiger partial charge in [-0.3, -0.25) is 10.1 Å². The standard InChI is InChI=1S/C11H17N3O2S/c1-2-7-17(15,16)14-10-5-3-9(4-6-10)8-11(12)13/h3-6,14H,2,7-8H2,1H3,(H3,12,13). The molecule has 0 atom stereocenters. The highest BCUT2D eigenvalue weighted by Gasteiger charge is 2.08. The largest absolute Gasteiger partial charge is 0.387 e. The van der Waals surface area contributed by atoms with Gasteiger partial charge in [-0.05, 0) is 24.1 Å². The number of hydrogen-bond acceptors (Lipinski definition) is 3. The number of hydrogen-bond donors (Lipinski definition) is 3. The van der Waals surface area contributed by atoms with Gasteiger partial charge < -0.3 is 5.73 Å². The first-order valence-corrected chi connectivity index (χ1v) is 7.00. The van der Waals surface area contributed by atoms with Crippen molar-refractivity contribution in [1.29, 1.82) is 5.41 Å². The molecular formula is C11H17N3O2S. The molecule has 1 aromatic carbocycles. The predicted octanol–water partition coefficient (Wildman–Crippen LogP) is 1.32. The van der Waals surface area contributed by atoms with Crippen molar-refractivity contribution in [3.8, 4) is 0 Å². The number of rotatable bonds is 6. The van der Waals surface area contributed by atoms with Crippen LogP contribution in [0.3, 0.4) is 0 Å². The Labute approximate surface area is 102 Å². The maximum absolute atomic E-state index is 11.5. The highest BCUT2D eigenvalue weighted by Crippen LogP contribution is 2.12. The Balaban J connectivity index is 2.72. The summed E-state index contributed by atoms with van der Waals surface area (Å²) < 4.78 is 25.5. The molecule has 0 bridgehead atoms. The van der Waals surface area contributed by atoms with Gasteiger partial charge >= 0.3 is 0 Å². The molecule has 0 aliphatic carbocycles. The summed E-state index contributed by atoms with van der Waals surface area (Å²) in [5.41, 5.74) is 6.69. The summed E-state index contributed by atoms with van der Waals surface area (Å²) in [6.45, 7) is 1.81. The van der Waals surface area contributed by atoms with E-state index in [-0.39, 0.29) is 11.6 Å². The van der Waals surface area contributed by atoms with E-state index in [1.165, 1.54) is 0 Å². The van der Waals surface area contributed by atoms with Gasteiger partial charge in [0, 0.05) is 12.1 Å². The molecule has 0 unspecified atom stereocenters. The van der Waals surface area contributed by atoms with Crippen molar-refractivity contribution in [2.24, 2.45) is 5.73 Å². The van der Waals surface area contributed by atoms with E-state index in [2.05, 4.69) is 4.72 Å². The molecule has 0 saturated heterocycles. The van der Waals surface area contributed by atoms with E-state index in [0.717, 1.165) is 5.56 Å². The lowest BCUT2D eigenvalue weighted by Crippen LogP contribution is -2.16. The van der Waals surface area contributed by atoms with Crippen molar-refractivity contribution < 1.29 is 8.42 Å². The van der Waals surface area contributed by atoms with Crippen LogP contribution in [-0.2, 0) is 16.4 Å². The molecule has 0 aliphatic heterocycles. The zero-order valence-electron chi connectivity index (χ0n) is 9.73. The predicted molar refractivity (Wildman–Crippen MR) is 69.8 cm³/mol. The number of amidine groups is 1. The number of nitrogens with one attached hydrogen (secondary N) is 2. The monoisotopic (exact) mass is 255 g/mol. The Bertz CT molecular complexity index is 480. The van der Waals surface area contributed by atoms with Gasteiger partial charge in [-0.1, -0.05) is 19.1 Å². The molecule has 0 aromatic heterocycles. The summed E-state index contributed by atoms with van der Waals surface area (Å²) >= 11 is 0. The normalized spacial score (nSPS) is 11.1. The van der Waals surface area contributed by atoms with Gasteiger partial charge in [0.05, 0.1) is 11.6 Å². The fourth-order valence-corrected chi connectivity index (χ4v) is 2.54. The molecule has 6 heteroatoms. The van der Waals surface area contributed by atoms with Gasteiger partial charge in [0.15, 0.2) is 0 Å². The van der Waals surface area contributed by atoms with Crippen LogP contribution < -0.4 is 10.5 Å². The summed E-state index contributed by atoms with van der Waals surface area (Å²) in [7, 11) is -3.24. The van der Waals surface area contributed by atoms with Crippen LogP contribution in [0.1, 0.15) is 18.9 Å². The van der Waals surface area contributed by atoms with Gasteiger partial charge in [-0.2, -0.15) is 0 Å². The molecule has 4 N–H and O–H groups in total. The summed E-state index contributed by atoms with van der Waals surface area (Å²) in [5, 5.41) is 7.15. The molecular weight excluding hydrogens is 238 g/mol. The van der Waals surface area contributed by atoms with Crippen molar-refractivity contribution in [3.05, 3.63) is 29.8 Å². The highest BCUT2D eigenvalue weighted by molar-refractivity contribution is 7.92. The fraction of sp³-hybridized carbons (Fsp3) is 0.364. The molecule has 1 rings (SSSR count). The Kier molecular flexibility index (Phi) is 4.51. The number of sulfonamides is 1. The topological polar surface area (TPSA) is 96.0 Å². The van der Waals surface area contributed by atoms with Gasteiger partial charge in [-0.15, -0.1) is 0 Å². The van der Waals surface area contributed by atoms with Gasteiger partial charge in [0.2, 0.25) is 10.0 Å². The molecule has 17 heavy (non-hydrogen) atoms. The van der Waals surface area contributed by atoms with Gasteiger partial charge in [0.1, 0.15) is 0 Å². The Morgan fingerprint density at radius 1 is 1.35 bits per heavy atom. The zero-order chi connectivity index (χ0) is 12.9. The average Bonchev–Trinajstić information content (AvgIpc) is 2.19. The summed E-state index contributed by atoms with van der Waals surface area (Å²) in [5.74, 6) is 0.201. The molecule has 0 saturated carbocycles. The van der Waals surface area contributed by atoms with Crippen molar-refractivity contribution in [2.75, 3.05) is 10.5 Å². The maximum Gasteiger partial charge on any atom is 0.232 e. The van der Waals surface area contributed by atoms with E-state index in [9.17, 15) is 8.42 Å². The lowest BCUT2D eigenvalue weighted by atomic mass is 10.1. The van der Waals surface area contributed by atoms with Crippen molar-refractivity contribution >= 4 is 21.5 Å². The second-order valence-electron chi connectivity index (χ2n) is 3.82. The van der Waals surface area contributed by atoms with E-state index in [1.807, 2.05) is 6.92 Å². The van der Waals surface area contributed by atoms with Crippen molar-refractivity contribution in [3.63, 3.8) is 0 Å². The minimum absolute atomic E-state index is 0.0873. The van der Waals surface area contributed by atoms with Crippen molar-refractivity contribution in [2.45, 2.75) is 19.8 Å². The Morgan fingerprint density at radius 2 is 1.94 bits per heavy atom. The highest BCUT2D eigenvalue weighted by atomic mass is 32.2. The van der Waals surface area contributed by atoms with E-state index in [1.54, 1.807) is 24.3 Å². The van der Waals surface area contributed by atoms with Crippen LogP contribution >= 0.6 is 0 Å². The first-order chi connectivity index (χ1) is 7.93. The van der Waals surface area contributed by atoms with Crippen molar-refractivity contribution in [1.82, 2.24) is 0 Å². The van der Waals surface area contributed by atoms with Gasteiger partial charge in [0.25, 0.3) is 0 Å². The van der Waals surface area contributed by atoms with Crippen LogP contribution in [0, 0.1) is 5.41 Å². The van der Waals surface area contributed by atoms with Crippen LogP contribution in [-0.4, -0.2) is 20.0 Å². The van der Waals surface area contributed by atoms with Crippen LogP contribution in [0.5, 0.6) is 0 Å². The third-order valence-corrected chi connectivity index (χ3v) is 3.59. The SMILES string of the molecule is CCCS(=O)(=O)Nc1ccc(CC(=N)N)cc1. The Hall–Kier alpha value is -1.56. The molecule has 5 nitrogen and oxygen atoms in total. The lowest BCUT2D eigenvalue weighted by molar-refractivity contribution is 0.600.